The third kappa shape index (κ3) is 10.2. The van der Waals surface area contributed by atoms with Gasteiger partial charge in [-0.2, -0.15) is 8.78 Å². The molecule has 1 aromatic heterocycles. The largest absolute Gasteiger partial charge is 0.870 e. The SMILES string of the molecule is COc1cc(NC(C(=O)O[C@H]2CN3CCC2CC3)c2ccccc2)cc(C(=O)O[C@@H](Cc2c(Cl)c[nH+]cc2Cl)c2ccc(OC(F)F)c(OCC3CC3)c2)c1.[OH-]. The van der Waals surface area contributed by atoms with E-state index in [0.29, 0.717) is 63.2 Å². The second kappa shape index (κ2) is 18.5. The molecular formula is C41H43Cl2F2N3O8. The fourth-order valence-electron chi connectivity index (χ4n) is 7.07. The quantitative estimate of drug-likeness (QED) is 0.111. The van der Waals surface area contributed by atoms with Crippen molar-refractivity contribution in [2.24, 2.45) is 11.8 Å². The van der Waals surface area contributed by atoms with E-state index in [1.807, 2.05) is 30.3 Å². The maximum absolute atomic E-state index is 14.1. The Bertz CT molecular complexity index is 1960. The number of H-pyrrole nitrogens is 1. The van der Waals surface area contributed by atoms with Crippen molar-refractivity contribution < 1.29 is 52.5 Å². The van der Waals surface area contributed by atoms with Crippen LogP contribution in [0.15, 0.2) is 79.1 Å². The number of benzene rings is 3. The lowest BCUT2D eigenvalue weighted by atomic mass is 9.86. The van der Waals surface area contributed by atoms with Crippen molar-refractivity contribution in [2.75, 3.05) is 38.7 Å². The summed E-state index contributed by atoms with van der Waals surface area (Å²) in [5.74, 6) is -0.225. The van der Waals surface area contributed by atoms with Crippen LogP contribution in [0.5, 0.6) is 17.2 Å². The first kappa shape index (κ1) is 41.0. The highest BCUT2D eigenvalue weighted by atomic mass is 35.5. The molecule has 4 heterocycles. The second-order valence-corrected chi connectivity index (χ2v) is 14.9. The maximum Gasteiger partial charge on any atom is 0.387 e. The Morgan fingerprint density at radius 3 is 2.30 bits per heavy atom. The lowest BCUT2D eigenvalue weighted by molar-refractivity contribution is -0.377. The minimum absolute atomic E-state index is 0. The molecule has 3 aromatic carbocycles. The number of aromatic amines is 1. The molecule has 1 aliphatic carbocycles. The lowest BCUT2D eigenvalue weighted by Gasteiger charge is -2.44. The van der Waals surface area contributed by atoms with Crippen LogP contribution in [0.25, 0.3) is 0 Å². The van der Waals surface area contributed by atoms with Gasteiger partial charge in [0, 0.05) is 30.3 Å². The highest BCUT2D eigenvalue weighted by molar-refractivity contribution is 6.35. The fourth-order valence-corrected chi connectivity index (χ4v) is 7.61. The highest BCUT2D eigenvalue weighted by Gasteiger charge is 2.38. The van der Waals surface area contributed by atoms with Gasteiger partial charge in [0.2, 0.25) is 0 Å². The highest BCUT2D eigenvalue weighted by Crippen LogP contribution is 2.39. The van der Waals surface area contributed by atoms with Crippen LogP contribution >= 0.6 is 23.2 Å². The number of hydrogen-bond donors (Lipinski definition) is 1. The molecule has 8 rings (SSSR count). The number of piperidine rings is 3. The van der Waals surface area contributed by atoms with Crippen LogP contribution in [-0.4, -0.2) is 68.4 Å². The van der Waals surface area contributed by atoms with Gasteiger partial charge < -0.3 is 34.5 Å². The Balaban J connectivity index is 0.00000532. The van der Waals surface area contributed by atoms with E-state index in [0.717, 1.165) is 38.8 Å². The standard InChI is InChI=1S/C41H41Cl2F2N3O7.H2O/c1-51-30-16-28(15-29(18-30)47-38(26-5-3-2-4-6-26)40(50)54-37-22-48-13-11-25(37)12-14-48)39(49)53-35(19-31-32(42)20-46-21-33(31)43)27-9-10-34(55-41(44)45)36(17-27)52-23-24-7-8-24;/h2-6,9-10,15-18,20-21,24-25,35,37-38,41,47H,7-8,11-14,19,22-23H2,1H3;1H2/t35-,37-,38?;/m0./s1. The molecule has 0 radical (unpaired) electrons. The molecular weight excluding hydrogens is 771 g/mol. The number of esters is 2. The van der Waals surface area contributed by atoms with Gasteiger partial charge in [-0.25, -0.2) is 14.6 Å². The van der Waals surface area contributed by atoms with E-state index < -0.39 is 30.7 Å². The first-order valence-corrected chi connectivity index (χ1v) is 19.1. The molecule has 56 heavy (non-hydrogen) atoms. The van der Waals surface area contributed by atoms with Crippen molar-refractivity contribution in [3.05, 3.63) is 111 Å². The maximum atomic E-state index is 14.1. The molecule has 15 heteroatoms. The van der Waals surface area contributed by atoms with E-state index in [9.17, 15) is 18.4 Å². The Labute approximate surface area is 333 Å². The monoisotopic (exact) mass is 813 g/mol. The van der Waals surface area contributed by atoms with Crippen LogP contribution in [0.3, 0.4) is 0 Å². The number of anilines is 1. The summed E-state index contributed by atoms with van der Waals surface area (Å²) in [5, 5.41) is 3.90. The summed E-state index contributed by atoms with van der Waals surface area (Å²) in [6.07, 6.45) is 5.88. The smallest absolute Gasteiger partial charge is 0.387 e. The van der Waals surface area contributed by atoms with E-state index >= 15 is 0 Å². The first-order chi connectivity index (χ1) is 26.6. The van der Waals surface area contributed by atoms with E-state index in [2.05, 4.69) is 15.2 Å². The number of halogens is 4. The van der Waals surface area contributed by atoms with Crippen LogP contribution < -0.4 is 24.5 Å². The number of pyridine rings is 1. The van der Waals surface area contributed by atoms with Gasteiger partial charge in [-0.15, -0.1) is 0 Å². The summed E-state index contributed by atoms with van der Waals surface area (Å²) >= 11 is 13.1. The molecule has 298 valence electrons. The number of rotatable bonds is 16. The summed E-state index contributed by atoms with van der Waals surface area (Å²) in [5.41, 5.74) is 2.14. The Morgan fingerprint density at radius 1 is 0.929 bits per heavy atom. The number of aromatic nitrogens is 1. The van der Waals surface area contributed by atoms with Gasteiger partial charge in [0.1, 0.15) is 28.0 Å². The summed E-state index contributed by atoms with van der Waals surface area (Å²) < 4.78 is 55.2. The van der Waals surface area contributed by atoms with Gasteiger partial charge in [0.05, 0.1) is 19.3 Å². The number of nitrogens with zero attached hydrogens (tertiary/aromatic N) is 1. The number of alkyl halides is 2. The van der Waals surface area contributed by atoms with Crippen molar-refractivity contribution in [2.45, 2.75) is 57.0 Å². The first-order valence-electron chi connectivity index (χ1n) is 18.3. The fraction of sp³-hybridized carbons (Fsp3) is 0.390. The normalized spacial score (nSPS) is 19.6. The number of ether oxygens (including phenoxy) is 5. The molecule has 4 fully saturated rings. The molecule has 1 unspecified atom stereocenters. The third-order valence-corrected chi connectivity index (χ3v) is 11.0. The van der Waals surface area contributed by atoms with E-state index in [1.54, 1.807) is 24.5 Å². The van der Waals surface area contributed by atoms with Crippen LogP contribution in [0, 0.1) is 11.8 Å². The molecule has 11 nitrogen and oxygen atoms in total. The summed E-state index contributed by atoms with van der Waals surface area (Å²) in [6.45, 7) is -0.000157. The van der Waals surface area contributed by atoms with Gasteiger partial charge in [-0.3, -0.25) is 4.90 Å². The zero-order chi connectivity index (χ0) is 38.5. The lowest BCUT2D eigenvalue weighted by Crippen LogP contribution is -2.52. The molecule has 4 aliphatic rings. The molecule has 3 N–H and O–H groups in total. The minimum atomic E-state index is -3.07. The molecule has 0 spiro atoms. The van der Waals surface area contributed by atoms with Crippen LogP contribution in [0.4, 0.5) is 14.5 Å². The number of methoxy groups -OCH3 is 1. The number of fused-ring (bicyclic) bond motifs is 3. The molecule has 3 saturated heterocycles. The van der Waals surface area contributed by atoms with Crippen molar-refractivity contribution >= 4 is 40.8 Å². The predicted molar refractivity (Wildman–Crippen MR) is 203 cm³/mol. The van der Waals surface area contributed by atoms with Crippen molar-refractivity contribution in [3.63, 3.8) is 0 Å². The molecule has 4 aromatic rings. The molecule has 3 atom stereocenters. The van der Waals surface area contributed by atoms with E-state index in [4.69, 9.17) is 46.9 Å². The second-order valence-electron chi connectivity index (χ2n) is 14.1. The number of carbonyl (C=O) groups is 2. The van der Waals surface area contributed by atoms with Crippen LogP contribution in [0.1, 0.15) is 64.9 Å². The van der Waals surface area contributed by atoms with Gasteiger partial charge in [-0.05, 0) is 86.0 Å². The predicted octanol–water partition coefficient (Wildman–Crippen LogP) is 7.96. The summed E-state index contributed by atoms with van der Waals surface area (Å²) in [4.78, 5) is 33.2. The topological polar surface area (TPSA) is 140 Å². The molecule has 3 aliphatic heterocycles. The zero-order valence-corrected chi connectivity index (χ0v) is 32.1. The van der Waals surface area contributed by atoms with E-state index in [-0.39, 0.29) is 35.1 Å². The number of carbonyl (C=O) groups excluding carboxylic acids is 2. The van der Waals surface area contributed by atoms with Gasteiger partial charge >= 0.3 is 18.6 Å². The van der Waals surface area contributed by atoms with Gasteiger partial charge in [0.25, 0.3) is 0 Å². The van der Waals surface area contributed by atoms with E-state index in [1.165, 1.54) is 31.4 Å². The summed E-state index contributed by atoms with van der Waals surface area (Å²) in [7, 11) is 1.47. The average molecular weight is 815 g/mol. The Hall–Kier alpha value is -4.69. The van der Waals surface area contributed by atoms with Crippen LogP contribution in [0.2, 0.25) is 10.0 Å². The molecule has 0 amide bonds. The average Bonchev–Trinajstić information content (AvgIpc) is 4.03. The van der Waals surface area contributed by atoms with Crippen molar-refractivity contribution in [3.8, 4) is 17.2 Å². The molecule has 2 bridgehead atoms. The third-order valence-electron chi connectivity index (χ3n) is 10.3. The zero-order valence-electron chi connectivity index (χ0n) is 30.6. The van der Waals surface area contributed by atoms with Gasteiger partial charge in [-0.1, -0.05) is 59.6 Å². The van der Waals surface area contributed by atoms with Crippen molar-refractivity contribution in [1.82, 2.24) is 4.90 Å². The number of nitrogens with one attached hydrogen (secondary N) is 2. The van der Waals surface area contributed by atoms with Gasteiger partial charge in [0.15, 0.2) is 29.9 Å². The van der Waals surface area contributed by atoms with Crippen LogP contribution in [-0.2, 0) is 20.7 Å². The minimum Gasteiger partial charge on any atom is -0.870 e. The Morgan fingerprint density at radius 2 is 1.66 bits per heavy atom. The summed E-state index contributed by atoms with van der Waals surface area (Å²) in [6, 6.07) is 17.5. The molecule has 1 saturated carbocycles. The Kier molecular flexibility index (Phi) is 13.5. The number of hydrogen-bond acceptors (Lipinski definition) is 10. The van der Waals surface area contributed by atoms with Crippen molar-refractivity contribution in [1.29, 1.82) is 0 Å².